The summed E-state index contributed by atoms with van der Waals surface area (Å²) in [5.74, 6) is 0.0268. The number of nitrogens with two attached hydrogens (primary N) is 1. The van der Waals surface area contributed by atoms with Crippen molar-refractivity contribution < 1.29 is 4.79 Å². The van der Waals surface area contributed by atoms with Crippen LogP contribution in [0, 0.1) is 16.7 Å². The predicted octanol–water partition coefficient (Wildman–Crippen LogP) is 1.65. The molecule has 0 radical (unpaired) electrons. The zero-order valence-electron chi connectivity index (χ0n) is 10.5. The van der Waals surface area contributed by atoms with E-state index < -0.39 is 5.41 Å². The molecule has 1 aromatic rings. The van der Waals surface area contributed by atoms with Crippen molar-refractivity contribution in [1.82, 2.24) is 0 Å². The van der Waals surface area contributed by atoms with Crippen molar-refractivity contribution in [3.8, 4) is 6.07 Å². The Kier molecular flexibility index (Phi) is 3.35. The smallest absolute Gasteiger partial charge is 0.234 e. The number of para-hydroxylation sites is 1. The van der Waals surface area contributed by atoms with Crippen LogP contribution in [0.25, 0.3) is 0 Å². The number of carbonyl (C=O) groups excluding carboxylic acids is 1. The van der Waals surface area contributed by atoms with Gasteiger partial charge in [-0.25, -0.2) is 0 Å². The largest absolute Gasteiger partial charge is 0.329 e. The molecule has 0 heterocycles. The van der Waals surface area contributed by atoms with Crippen molar-refractivity contribution in [2.75, 3.05) is 18.5 Å². The van der Waals surface area contributed by atoms with Gasteiger partial charge in [0.15, 0.2) is 0 Å². The van der Waals surface area contributed by atoms with Gasteiger partial charge >= 0.3 is 0 Å². The van der Waals surface area contributed by atoms with Gasteiger partial charge in [0.25, 0.3) is 0 Å². The van der Waals surface area contributed by atoms with Crippen molar-refractivity contribution >= 4 is 11.6 Å². The lowest BCUT2D eigenvalue weighted by molar-refractivity contribution is -0.131. The molecule has 2 rings (SSSR count). The zero-order chi connectivity index (χ0) is 13.2. The Morgan fingerprint density at radius 2 is 2.17 bits per heavy atom. The second kappa shape index (κ2) is 4.79. The van der Waals surface area contributed by atoms with Crippen LogP contribution in [-0.4, -0.2) is 19.5 Å². The maximum atomic E-state index is 12.5. The van der Waals surface area contributed by atoms with Crippen LogP contribution < -0.4 is 10.6 Å². The third-order valence-electron chi connectivity index (χ3n) is 3.85. The van der Waals surface area contributed by atoms with Gasteiger partial charge in [-0.15, -0.1) is 0 Å². The molecule has 0 spiro atoms. The normalized spacial score (nSPS) is 16.5. The minimum absolute atomic E-state index is 0.0268. The minimum Gasteiger partial charge on any atom is -0.329 e. The summed E-state index contributed by atoms with van der Waals surface area (Å²) in [6.45, 7) is 0.380. The molecule has 0 aliphatic heterocycles. The molecule has 0 bridgehead atoms. The fourth-order valence-electron chi connectivity index (χ4n) is 2.43. The maximum absolute atomic E-state index is 12.5. The van der Waals surface area contributed by atoms with Gasteiger partial charge in [0, 0.05) is 13.6 Å². The van der Waals surface area contributed by atoms with Crippen LogP contribution in [0.3, 0.4) is 0 Å². The lowest BCUT2D eigenvalue weighted by Gasteiger charge is -2.41. The Labute approximate surface area is 107 Å². The fraction of sp³-hybridized carbons (Fsp3) is 0.429. The van der Waals surface area contributed by atoms with E-state index in [1.165, 1.54) is 0 Å². The summed E-state index contributed by atoms with van der Waals surface area (Å²) in [5.41, 5.74) is 6.51. The molecule has 2 N–H and O–H groups in total. The van der Waals surface area contributed by atoms with Gasteiger partial charge in [0.05, 0.1) is 16.7 Å². The molecular formula is C14H17N3O. The first-order chi connectivity index (χ1) is 8.64. The molecule has 1 saturated carbocycles. The molecule has 4 nitrogen and oxygen atoms in total. The van der Waals surface area contributed by atoms with E-state index >= 15 is 0 Å². The number of benzene rings is 1. The first-order valence-corrected chi connectivity index (χ1v) is 6.12. The number of amides is 1. The van der Waals surface area contributed by atoms with Crippen LogP contribution in [0.1, 0.15) is 24.8 Å². The molecule has 0 atom stereocenters. The van der Waals surface area contributed by atoms with Crippen LogP contribution in [0.2, 0.25) is 0 Å². The number of carbonyl (C=O) groups is 1. The Hall–Kier alpha value is -1.86. The highest BCUT2D eigenvalue weighted by Gasteiger charge is 2.44. The van der Waals surface area contributed by atoms with Gasteiger partial charge in [-0.2, -0.15) is 5.26 Å². The second-order valence-electron chi connectivity index (χ2n) is 4.83. The molecule has 0 saturated heterocycles. The predicted molar refractivity (Wildman–Crippen MR) is 69.9 cm³/mol. The average Bonchev–Trinajstić information content (AvgIpc) is 2.37. The summed E-state index contributed by atoms with van der Waals surface area (Å²) in [5, 5.41) is 9.07. The van der Waals surface area contributed by atoms with Gasteiger partial charge in [0.1, 0.15) is 6.07 Å². The van der Waals surface area contributed by atoms with E-state index in [1.807, 2.05) is 6.07 Å². The SMILES string of the molecule is CN(C(=O)C1(CN)CCC1)c1ccccc1C#N. The van der Waals surface area contributed by atoms with Crippen molar-refractivity contribution in [3.63, 3.8) is 0 Å². The van der Waals surface area contributed by atoms with E-state index in [1.54, 1.807) is 30.1 Å². The van der Waals surface area contributed by atoms with Gasteiger partial charge < -0.3 is 10.6 Å². The summed E-state index contributed by atoms with van der Waals surface area (Å²) >= 11 is 0. The quantitative estimate of drug-likeness (QED) is 0.877. The molecule has 94 valence electrons. The Bertz CT molecular complexity index is 494. The molecule has 1 aliphatic carbocycles. The van der Waals surface area contributed by atoms with Gasteiger partial charge in [-0.05, 0) is 25.0 Å². The molecule has 0 unspecified atom stereocenters. The van der Waals surface area contributed by atoms with Crippen LogP contribution in [0.4, 0.5) is 5.69 Å². The summed E-state index contributed by atoms with van der Waals surface area (Å²) in [6, 6.07) is 9.24. The highest BCUT2D eigenvalue weighted by Crippen LogP contribution is 2.42. The average molecular weight is 243 g/mol. The van der Waals surface area contributed by atoms with E-state index in [0.717, 1.165) is 19.3 Å². The molecular weight excluding hydrogens is 226 g/mol. The van der Waals surface area contributed by atoms with E-state index in [4.69, 9.17) is 11.0 Å². The number of anilines is 1. The van der Waals surface area contributed by atoms with E-state index in [9.17, 15) is 4.79 Å². The molecule has 1 aliphatic rings. The van der Waals surface area contributed by atoms with Crippen molar-refractivity contribution in [1.29, 1.82) is 5.26 Å². The third kappa shape index (κ3) is 1.87. The third-order valence-corrected chi connectivity index (χ3v) is 3.85. The molecule has 18 heavy (non-hydrogen) atoms. The molecule has 1 aromatic carbocycles. The van der Waals surface area contributed by atoms with Crippen molar-refractivity contribution in [2.45, 2.75) is 19.3 Å². The van der Waals surface area contributed by atoms with Crippen molar-refractivity contribution in [2.24, 2.45) is 11.1 Å². The maximum Gasteiger partial charge on any atom is 0.234 e. The van der Waals surface area contributed by atoms with Gasteiger partial charge in [-0.3, -0.25) is 4.79 Å². The van der Waals surface area contributed by atoms with Crippen LogP contribution in [0.5, 0.6) is 0 Å². The standard InChI is InChI=1S/C14H17N3O/c1-17(12-6-3-2-5-11(12)9-15)13(18)14(10-16)7-4-8-14/h2-3,5-6H,4,7-8,10,16H2,1H3. The molecule has 4 heteroatoms. The Morgan fingerprint density at radius 3 is 2.67 bits per heavy atom. The number of nitriles is 1. The van der Waals surface area contributed by atoms with E-state index in [-0.39, 0.29) is 5.91 Å². The highest BCUT2D eigenvalue weighted by atomic mass is 16.2. The Balaban J connectivity index is 2.29. The number of nitrogens with zero attached hydrogens (tertiary/aromatic N) is 2. The van der Waals surface area contributed by atoms with E-state index in [0.29, 0.717) is 17.8 Å². The van der Waals surface area contributed by atoms with Crippen LogP contribution in [-0.2, 0) is 4.79 Å². The van der Waals surface area contributed by atoms with Gasteiger partial charge in [-0.1, -0.05) is 18.6 Å². The molecule has 1 fully saturated rings. The van der Waals surface area contributed by atoms with Crippen LogP contribution >= 0.6 is 0 Å². The number of hydrogen-bond acceptors (Lipinski definition) is 3. The lowest BCUT2D eigenvalue weighted by atomic mass is 9.68. The summed E-state index contributed by atoms with van der Waals surface area (Å²) in [4.78, 5) is 14.1. The zero-order valence-corrected chi connectivity index (χ0v) is 10.5. The van der Waals surface area contributed by atoms with Gasteiger partial charge in [0.2, 0.25) is 5.91 Å². The Morgan fingerprint density at radius 1 is 1.50 bits per heavy atom. The fourth-order valence-corrected chi connectivity index (χ4v) is 2.43. The second-order valence-corrected chi connectivity index (χ2v) is 4.83. The first kappa shape index (κ1) is 12.6. The van der Waals surface area contributed by atoms with Crippen LogP contribution in [0.15, 0.2) is 24.3 Å². The number of hydrogen-bond donors (Lipinski definition) is 1. The van der Waals surface area contributed by atoms with Crippen molar-refractivity contribution in [3.05, 3.63) is 29.8 Å². The summed E-state index contributed by atoms with van der Waals surface area (Å²) in [7, 11) is 1.72. The monoisotopic (exact) mass is 243 g/mol. The summed E-state index contributed by atoms with van der Waals surface area (Å²) < 4.78 is 0. The number of rotatable bonds is 3. The molecule has 0 aromatic heterocycles. The first-order valence-electron chi connectivity index (χ1n) is 6.12. The topological polar surface area (TPSA) is 70.1 Å². The minimum atomic E-state index is -0.405. The summed E-state index contributed by atoms with van der Waals surface area (Å²) in [6.07, 6.45) is 2.75. The lowest BCUT2D eigenvalue weighted by Crippen LogP contribution is -2.51. The highest BCUT2D eigenvalue weighted by molar-refractivity contribution is 5.98. The molecule has 1 amide bonds. The van der Waals surface area contributed by atoms with E-state index in [2.05, 4.69) is 6.07 Å².